The number of aryl methyl sites for hydroxylation is 2. The Hall–Kier alpha value is -2.58. The summed E-state index contributed by atoms with van der Waals surface area (Å²) in [5.41, 5.74) is 3.13. The van der Waals surface area contributed by atoms with Gasteiger partial charge in [0.15, 0.2) is 0 Å². The summed E-state index contributed by atoms with van der Waals surface area (Å²) in [5, 5.41) is -0.285. The zero-order chi connectivity index (χ0) is 20.0. The smallest absolute Gasteiger partial charge is 0.295 e. The van der Waals surface area contributed by atoms with E-state index in [-0.39, 0.29) is 23.4 Å². The van der Waals surface area contributed by atoms with E-state index in [0.29, 0.717) is 4.91 Å². The minimum Gasteiger partial charge on any atom is -0.295 e. The van der Waals surface area contributed by atoms with Crippen LogP contribution in [0.25, 0.3) is 17.1 Å². The van der Waals surface area contributed by atoms with Crippen LogP contribution in [0.3, 0.4) is 0 Å². The SMILES string of the molecule is Cn1c(=O)n(C)c2cc(/C=C3/SC(=O)N(Cc4ccc(Br)cc4)C3=O)ccc21. The number of benzene rings is 2. The molecule has 2 aromatic carbocycles. The van der Waals surface area contributed by atoms with Crippen molar-refractivity contribution < 1.29 is 9.59 Å². The largest absolute Gasteiger partial charge is 0.328 e. The number of halogens is 1. The second-order valence-corrected chi connectivity index (χ2v) is 8.45. The topological polar surface area (TPSA) is 64.3 Å². The van der Waals surface area contributed by atoms with Crippen molar-refractivity contribution in [2.24, 2.45) is 14.1 Å². The molecule has 0 N–H and O–H groups in total. The zero-order valence-corrected chi connectivity index (χ0v) is 17.6. The van der Waals surface area contributed by atoms with Gasteiger partial charge >= 0.3 is 5.69 Å². The van der Waals surface area contributed by atoms with Crippen molar-refractivity contribution >= 4 is 55.9 Å². The lowest BCUT2D eigenvalue weighted by molar-refractivity contribution is -0.123. The van der Waals surface area contributed by atoms with Gasteiger partial charge in [0.25, 0.3) is 11.1 Å². The Morgan fingerprint density at radius 3 is 2.36 bits per heavy atom. The van der Waals surface area contributed by atoms with Crippen molar-refractivity contribution in [3.8, 4) is 0 Å². The monoisotopic (exact) mass is 457 g/mol. The molecule has 1 aromatic heterocycles. The molecular formula is C20H16BrN3O3S. The minimum absolute atomic E-state index is 0.109. The van der Waals surface area contributed by atoms with Gasteiger partial charge in [0.2, 0.25) is 0 Å². The van der Waals surface area contributed by atoms with Gasteiger partial charge in [-0.15, -0.1) is 0 Å². The average Bonchev–Trinajstić information content (AvgIpc) is 3.06. The van der Waals surface area contributed by atoms with Gasteiger partial charge in [0.05, 0.1) is 22.5 Å². The third kappa shape index (κ3) is 3.22. The Balaban J connectivity index is 1.63. The van der Waals surface area contributed by atoms with Crippen molar-refractivity contribution in [1.82, 2.24) is 14.0 Å². The molecule has 1 aliphatic heterocycles. The zero-order valence-electron chi connectivity index (χ0n) is 15.2. The van der Waals surface area contributed by atoms with Gasteiger partial charge in [-0.25, -0.2) is 4.79 Å². The molecule has 0 unspecified atom stereocenters. The van der Waals surface area contributed by atoms with Crippen LogP contribution in [0.1, 0.15) is 11.1 Å². The predicted octanol–water partition coefficient (Wildman–Crippen LogP) is 3.88. The molecule has 142 valence electrons. The molecule has 0 radical (unpaired) electrons. The van der Waals surface area contributed by atoms with Gasteiger partial charge < -0.3 is 0 Å². The molecule has 1 fully saturated rings. The highest BCUT2D eigenvalue weighted by Gasteiger charge is 2.35. The maximum atomic E-state index is 12.7. The Bertz CT molecular complexity index is 1210. The number of hydrogen-bond donors (Lipinski definition) is 0. The molecule has 28 heavy (non-hydrogen) atoms. The number of thioether (sulfide) groups is 1. The number of imide groups is 1. The molecule has 3 aromatic rings. The highest BCUT2D eigenvalue weighted by Crippen LogP contribution is 2.33. The maximum Gasteiger partial charge on any atom is 0.328 e. The van der Waals surface area contributed by atoms with Crippen LogP contribution < -0.4 is 5.69 Å². The number of rotatable bonds is 3. The molecule has 0 spiro atoms. The van der Waals surface area contributed by atoms with E-state index in [2.05, 4.69) is 15.9 Å². The first-order valence-corrected chi connectivity index (χ1v) is 10.1. The van der Waals surface area contributed by atoms with E-state index in [1.54, 1.807) is 29.3 Å². The summed E-state index contributed by atoms with van der Waals surface area (Å²) in [7, 11) is 3.43. The summed E-state index contributed by atoms with van der Waals surface area (Å²) in [6, 6.07) is 13.0. The highest BCUT2D eigenvalue weighted by molar-refractivity contribution is 9.10. The van der Waals surface area contributed by atoms with E-state index in [9.17, 15) is 14.4 Å². The van der Waals surface area contributed by atoms with E-state index < -0.39 is 0 Å². The Labute approximate surface area is 173 Å². The van der Waals surface area contributed by atoms with Gasteiger partial charge in [-0.1, -0.05) is 34.1 Å². The summed E-state index contributed by atoms with van der Waals surface area (Å²) in [5.74, 6) is -0.306. The van der Waals surface area contributed by atoms with Crippen LogP contribution in [0.5, 0.6) is 0 Å². The molecular weight excluding hydrogens is 442 g/mol. The fourth-order valence-electron chi connectivity index (χ4n) is 3.17. The Kier molecular flexibility index (Phi) is 4.76. The van der Waals surface area contributed by atoms with Crippen molar-refractivity contribution in [2.75, 3.05) is 0 Å². The second-order valence-electron chi connectivity index (χ2n) is 6.54. The van der Waals surface area contributed by atoms with Crippen molar-refractivity contribution in [2.45, 2.75) is 6.54 Å². The second kappa shape index (κ2) is 7.10. The van der Waals surface area contributed by atoms with Crippen LogP contribution in [-0.2, 0) is 25.4 Å². The third-order valence-electron chi connectivity index (χ3n) is 4.72. The first kappa shape index (κ1) is 18.8. The van der Waals surface area contributed by atoms with Crippen LogP contribution in [0, 0.1) is 0 Å². The van der Waals surface area contributed by atoms with Gasteiger partial charge in [-0.05, 0) is 53.2 Å². The third-order valence-corrected chi connectivity index (χ3v) is 6.16. The van der Waals surface area contributed by atoms with Crippen molar-refractivity contribution in [3.05, 3.63) is 73.5 Å². The number of fused-ring (bicyclic) bond motifs is 1. The van der Waals surface area contributed by atoms with Gasteiger partial charge in [-0.2, -0.15) is 0 Å². The first-order chi connectivity index (χ1) is 13.3. The number of aromatic nitrogens is 2. The molecule has 8 heteroatoms. The molecule has 6 nitrogen and oxygen atoms in total. The quantitative estimate of drug-likeness (QED) is 0.559. The number of amides is 2. The van der Waals surface area contributed by atoms with Crippen molar-refractivity contribution in [3.63, 3.8) is 0 Å². The summed E-state index contributed by atoms with van der Waals surface area (Å²) < 4.78 is 4.08. The van der Waals surface area contributed by atoms with E-state index in [1.165, 1.54) is 4.90 Å². The van der Waals surface area contributed by atoms with Crippen LogP contribution in [0.2, 0.25) is 0 Å². The first-order valence-electron chi connectivity index (χ1n) is 8.50. The number of carbonyl (C=O) groups excluding carboxylic acids is 2. The van der Waals surface area contributed by atoms with Crippen molar-refractivity contribution in [1.29, 1.82) is 0 Å². The lowest BCUT2D eigenvalue weighted by atomic mass is 10.1. The van der Waals surface area contributed by atoms with E-state index in [4.69, 9.17) is 0 Å². The maximum absolute atomic E-state index is 12.7. The molecule has 0 saturated carbocycles. The molecule has 1 saturated heterocycles. The van der Waals surface area contributed by atoms with Gasteiger partial charge in [0.1, 0.15) is 0 Å². The van der Waals surface area contributed by atoms with Crippen LogP contribution in [0.15, 0.2) is 56.6 Å². The van der Waals surface area contributed by atoms with E-state index in [1.807, 2.05) is 42.5 Å². The molecule has 0 aliphatic carbocycles. The molecule has 2 heterocycles. The molecule has 0 bridgehead atoms. The Morgan fingerprint density at radius 1 is 0.964 bits per heavy atom. The fraction of sp³-hybridized carbons (Fsp3) is 0.150. The predicted molar refractivity (Wildman–Crippen MR) is 114 cm³/mol. The van der Waals surface area contributed by atoms with E-state index in [0.717, 1.165) is 38.4 Å². The summed E-state index contributed by atoms with van der Waals surface area (Å²) in [6.07, 6.45) is 1.70. The highest BCUT2D eigenvalue weighted by atomic mass is 79.9. The fourth-order valence-corrected chi connectivity index (χ4v) is 4.28. The summed E-state index contributed by atoms with van der Waals surface area (Å²) in [4.78, 5) is 38.8. The normalized spacial score (nSPS) is 16.0. The number of nitrogens with zero attached hydrogens (tertiary/aromatic N) is 3. The lowest BCUT2D eigenvalue weighted by Gasteiger charge is -2.12. The van der Waals surface area contributed by atoms with Crippen LogP contribution >= 0.6 is 27.7 Å². The number of carbonyl (C=O) groups is 2. The molecule has 1 aliphatic rings. The standard InChI is InChI=1S/C20H16BrN3O3S/c1-22-15-8-5-13(9-16(15)23(2)19(22)26)10-17-18(25)24(20(27)28-17)11-12-3-6-14(21)7-4-12/h3-10H,11H2,1-2H3/b17-10+. The number of imidazole rings is 1. The summed E-state index contributed by atoms with van der Waals surface area (Å²) >= 11 is 4.31. The van der Waals surface area contributed by atoms with E-state index >= 15 is 0 Å². The number of hydrogen-bond acceptors (Lipinski definition) is 4. The summed E-state index contributed by atoms with van der Waals surface area (Å²) in [6.45, 7) is 0.238. The van der Waals surface area contributed by atoms with Crippen LogP contribution in [0.4, 0.5) is 4.79 Å². The van der Waals surface area contributed by atoms with Crippen LogP contribution in [-0.4, -0.2) is 25.2 Å². The van der Waals surface area contributed by atoms with Gasteiger partial charge in [0, 0.05) is 18.6 Å². The molecule has 0 atom stereocenters. The van der Waals surface area contributed by atoms with Gasteiger partial charge in [-0.3, -0.25) is 23.6 Å². The average molecular weight is 458 g/mol. The molecule has 4 rings (SSSR count). The molecule has 2 amide bonds. The minimum atomic E-state index is -0.306. The Morgan fingerprint density at radius 2 is 1.64 bits per heavy atom. The lowest BCUT2D eigenvalue weighted by Crippen LogP contribution is -2.27.